The van der Waals surface area contributed by atoms with E-state index in [1.54, 1.807) is 0 Å². The van der Waals surface area contributed by atoms with Crippen LogP contribution in [0, 0.1) is 0 Å². The summed E-state index contributed by atoms with van der Waals surface area (Å²) in [6.07, 6.45) is 1.92. The van der Waals surface area contributed by atoms with Gasteiger partial charge in [-0.25, -0.2) is 8.42 Å². The van der Waals surface area contributed by atoms with Gasteiger partial charge in [0.15, 0.2) is 12.4 Å². The average Bonchev–Trinajstić information content (AvgIpc) is 3.28. The Morgan fingerprint density at radius 1 is 1.00 bits per heavy atom. The molecule has 7 heteroatoms. The van der Waals surface area contributed by atoms with Gasteiger partial charge < -0.3 is 4.74 Å². The zero-order chi connectivity index (χ0) is 20.9. The quantitative estimate of drug-likeness (QED) is 0.488. The predicted octanol–water partition coefficient (Wildman–Crippen LogP) is 3.39. The van der Waals surface area contributed by atoms with Crippen molar-refractivity contribution in [2.45, 2.75) is 37.0 Å². The molecule has 1 fully saturated rings. The number of hydrogen-bond acceptors (Lipinski definition) is 5. The lowest BCUT2D eigenvalue weighted by atomic mass is 9.98. The first-order valence-corrected chi connectivity index (χ1v) is 11.2. The highest BCUT2D eigenvalue weighted by molar-refractivity contribution is 7.89. The van der Waals surface area contributed by atoms with Gasteiger partial charge in [-0.3, -0.25) is 9.59 Å². The standard InChI is InChI=1S/C22H25NO5S/c1-17(18-7-3-2-4-8-18)15-22(25)28-16-21(24)19-9-11-20(12-10-19)29(26,27)23-13-5-6-14-23/h2-4,7-12,17H,5-6,13-16H2,1H3/t17-/m1/s1. The molecule has 1 atom stereocenters. The number of ether oxygens (including phenoxy) is 1. The number of Topliss-reactive ketones (excluding diaryl/α,β-unsaturated/α-hetero) is 1. The summed E-state index contributed by atoms with van der Waals surface area (Å²) in [6, 6.07) is 15.4. The minimum absolute atomic E-state index is 0.00567. The molecule has 0 saturated carbocycles. The summed E-state index contributed by atoms with van der Waals surface area (Å²) >= 11 is 0. The third-order valence-electron chi connectivity index (χ3n) is 5.08. The first kappa shape index (κ1) is 21.2. The average molecular weight is 416 g/mol. The number of nitrogens with zero attached hydrogens (tertiary/aromatic N) is 1. The molecule has 0 bridgehead atoms. The van der Waals surface area contributed by atoms with Crippen molar-refractivity contribution in [1.82, 2.24) is 4.31 Å². The number of rotatable bonds is 8. The molecule has 0 aliphatic carbocycles. The van der Waals surface area contributed by atoms with Gasteiger partial charge in [0.05, 0.1) is 11.3 Å². The normalized spacial score (nSPS) is 15.8. The lowest BCUT2D eigenvalue weighted by Gasteiger charge is -2.15. The van der Waals surface area contributed by atoms with Gasteiger partial charge in [-0.1, -0.05) is 37.3 Å². The van der Waals surface area contributed by atoms with Gasteiger partial charge in [-0.05, 0) is 48.6 Å². The van der Waals surface area contributed by atoms with E-state index < -0.39 is 16.0 Å². The number of sulfonamides is 1. The van der Waals surface area contributed by atoms with Gasteiger partial charge in [-0.2, -0.15) is 4.31 Å². The summed E-state index contributed by atoms with van der Waals surface area (Å²) < 4.78 is 31.6. The zero-order valence-corrected chi connectivity index (χ0v) is 17.2. The van der Waals surface area contributed by atoms with Crippen molar-refractivity contribution >= 4 is 21.8 Å². The number of benzene rings is 2. The highest BCUT2D eigenvalue weighted by Gasteiger charge is 2.27. The van der Waals surface area contributed by atoms with Crippen LogP contribution >= 0.6 is 0 Å². The Labute approximate surface area is 171 Å². The van der Waals surface area contributed by atoms with Crippen molar-refractivity contribution in [3.8, 4) is 0 Å². The molecular formula is C22H25NO5S. The van der Waals surface area contributed by atoms with Crippen molar-refractivity contribution in [3.05, 3.63) is 65.7 Å². The maximum absolute atomic E-state index is 12.5. The van der Waals surface area contributed by atoms with Crippen LogP contribution in [0.25, 0.3) is 0 Å². The lowest BCUT2D eigenvalue weighted by Crippen LogP contribution is -2.27. The predicted molar refractivity (Wildman–Crippen MR) is 109 cm³/mol. The van der Waals surface area contributed by atoms with E-state index in [1.165, 1.54) is 28.6 Å². The van der Waals surface area contributed by atoms with E-state index in [-0.39, 0.29) is 29.6 Å². The van der Waals surface area contributed by atoms with E-state index in [4.69, 9.17) is 4.74 Å². The number of ketones is 1. The Bertz CT molecular complexity index is 948. The van der Waals surface area contributed by atoms with Crippen LogP contribution in [0.5, 0.6) is 0 Å². The van der Waals surface area contributed by atoms with E-state index >= 15 is 0 Å². The van der Waals surface area contributed by atoms with Gasteiger partial charge in [-0.15, -0.1) is 0 Å². The number of esters is 1. The molecule has 0 N–H and O–H groups in total. The van der Waals surface area contributed by atoms with Gasteiger partial charge in [0.1, 0.15) is 0 Å². The fourth-order valence-corrected chi connectivity index (χ4v) is 4.85. The molecule has 6 nitrogen and oxygen atoms in total. The second-order valence-electron chi connectivity index (χ2n) is 7.24. The van der Waals surface area contributed by atoms with Gasteiger partial charge >= 0.3 is 5.97 Å². The van der Waals surface area contributed by atoms with Crippen molar-refractivity contribution in [2.75, 3.05) is 19.7 Å². The van der Waals surface area contributed by atoms with Crippen LogP contribution in [0.4, 0.5) is 0 Å². The van der Waals surface area contributed by atoms with E-state index in [0.717, 1.165) is 18.4 Å². The summed E-state index contributed by atoms with van der Waals surface area (Å²) in [6.45, 7) is 2.62. The molecule has 1 aliphatic rings. The summed E-state index contributed by atoms with van der Waals surface area (Å²) in [5.74, 6) is -0.812. The topological polar surface area (TPSA) is 80.8 Å². The Hall–Kier alpha value is -2.51. The SMILES string of the molecule is C[C@H](CC(=O)OCC(=O)c1ccc(S(=O)(=O)N2CCCC2)cc1)c1ccccc1. The molecule has 1 aliphatic heterocycles. The molecule has 0 aromatic heterocycles. The minimum Gasteiger partial charge on any atom is -0.457 e. The summed E-state index contributed by atoms with van der Waals surface area (Å²) in [5, 5.41) is 0. The molecule has 154 valence electrons. The number of hydrogen-bond donors (Lipinski definition) is 0. The summed E-state index contributed by atoms with van der Waals surface area (Å²) in [7, 11) is -3.51. The molecule has 0 spiro atoms. The van der Waals surface area contributed by atoms with Crippen LogP contribution in [0.2, 0.25) is 0 Å². The van der Waals surface area contributed by atoms with Crippen LogP contribution in [-0.2, 0) is 19.6 Å². The van der Waals surface area contributed by atoms with Crippen LogP contribution in [0.3, 0.4) is 0 Å². The zero-order valence-electron chi connectivity index (χ0n) is 16.4. The van der Waals surface area contributed by atoms with Crippen LogP contribution in [0.1, 0.15) is 48.0 Å². The first-order valence-electron chi connectivity index (χ1n) is 9.72. The Morgan fingerprint density at radius 2 is 1.62 bits per heavy atom. The third kappa shape index (κ3) is 5.31. The molecule has 3 rings (SSSR count). The van der Waals surface area contributed by atoms with Crippen LogP contribution in [0.15, 0.2) is 59.5 Å². The highest BCUT2D eigenvalue weighted by atomic mass is 32.2. The Morgan fingerprint density at radius 3 is 2.24 bits per heavy atom. The molecular weight excluding hydrogens is 390 g/mol. The summed E-state index contributed by atoms with van der Waals surface area (Å²) in [4.78, 5) is 24.5. The van der Waals surface area contributed by atoms with Crippen molar-refractivity contribution in [3.63, 3.8) is 0 Å². The maximum atomic E-state index is 12.5. The molecule has 2 aromatic carbocycles. The van der Waals surface area contributed by atoms with Crippen LogP contribution in [-0.4, -0.2) is 44.2 Å². The highest BCUT2D eigenvalue weighted by Crippen LogP contribution is 2.22. The molecule has 1 saturated heterocycles. The molecule has 2 aromatic rings. The second kappa shape index (κ2) is 9.33. The molecule has 29 heavy (non-hydrogen) atoms. The fourth-order valence-electron chi connectivity index (χ4n) is 3.33. The lowest BCUT2D eigenvalue weighted by molar-refractivity contribution is -0.142. The van der Waals surface area contributed by atoms with Crippen molar-refractivity contribution < 1.29 is 22.7 Å². The molecule has 0 radical (unpaired) electrons. The van der Waals surface area contributed by atoms with Crippen molar-refractivity contribution in [2.24, 2.45) is 0 Å². The maximum Gasteiger partial charge on any atom is 0.306 e. The smallest absolute Gasteiger partial charge is 0.306 e. The fraction of sp³-hybridized carbons (Fsp3) is 0.364. The molecule has 0 unspecified atom stereocenters. The summed E-state index contributed by atoms with van der Waals surface area (Å²) in [5.41, 5.74) is 1.35. The Kier molecular flexibility index (Phi) is 6.82. The largest absolute Gasteiger partial charge is 0.457 e. The second-order valence-corrected chi connectivity index (χ2v) is 9.17. The van der Waals surface area contributed by atoms with Gasteiger partial charge in [0.2, 0.25) is 10.0 Å². The van der Waals surface area contributed by atoms with Crippen molar-refractivity contribution in [1.29, 1.82) is 0 Å². The third-order valence-corrected chi connectivity index (χ3v) is 7.00. The Balaban J connectivity index is 1.53. The molecule has 0 amide bonds. The van der Waals surface area contributed by atoms with E-state index in [0.29, 0.717) is 18.7 Å². The number of carbonyl (C=O) groups is 2. The first-order chi connectivity index (χ1) is 13.9. The number of carbonyl (C=O) groups excluding carboxylic acids is 2. The van der Waals surface area contributed by atoms with E-state index in [9.17, 15) is 18.0 Å². The van der Waals surface area contributed by atoms with E-state index in [1.807, 2.05) is 37.3 Å². The molecule has 1 heterocycles. The van der Waals surface area contributed by atoms with E-state index in [2.05, 4.69) is 0 Å². The van der Waals surface area contributed by atoms with Crippen LogP contribution < -0.4 is 0 Å². The monoisotopic (exact) mass is 415 g/mol. The van der Waals surface area contributed by atoms with Gasteiger partial charge in [0, 0.05) is 18.7 Å². The van der Waals surface area contributed by atoms with Gasteiger partial charge in [0.25, 0.3) is 0 Å². The minimum atomic E-state index is -3.51.